The zero-order valence-corrected chi connectivity index (χ0v) is 10.4. The van der Waals surface area contributed by atoms with Gasteiger partial charge in [0.25, 0.3) is 0 Å². The second-order valence-electron chi connectivity index (χ2n) is 4.19. The summed E-state index contributed by atoms with van der Waals surface area (Å²) in [4.78, 5) is 8.93. The molecule has 0 saturated heterocycles. The van der Waals surface area contributed by atoms with Gasteiger partial charge in [-0.15, -0.1) is 5.10 Å². The average Bonchev–Trinajstić information content (AvgIpc) is 2.97. The number of nitrogens with one attached hydrogen (secondary N) is 1. The highest BCUT2D eigenvalue weighted by molar-refractivity contribution is 5.73. The maximum absolute atomic E-state index is 4.55. The SMILES string of the molecule is c1ccc2nc(CNCCn3ccnn3)cnc2c1. The molecule has 0 unspecified atom stereocenters. The van der Waals surface area contributed by atoms with Gasteiger partial charge in [0, 0.05) is 19.3 Å². The number of rotatable bonds is 5. The number of aromatic nitrogens is 5. The lowest BCUT2D eigenvalue weighted by Crippen LogP contribution is -2.20. The van der Waals surface area contributed by atoms with E-state index in [1.807, 2.05) is 36.7 Å². The van der Waals surface area contributed by atoms with Gasteiger partial charge in [-0.1, -0.05) is 17.3 Å². The lowest BCUT2D eigenvalue weighted by Gasteiger charge is -2.05. The van der Waals surface area contributed by atoms with Crippen LogP contribution in [0.15, 0.2) is 42.9 Å². The lowest BCUT2D eigenvalue weighted by atomic mass is 10.3. The highest BCUT2D eigenvalue weighted by Gasteiger charge is 1.99. The molecule has 0 radical (unpaired) electrons. The molecule has 3 rings (SSSR count). The van der Waals surface area contributed by atoms with E-state index < -0.39 is 0 Å². The first-order chi connectivity index (χ1) is 9.42. The highest BCUT2D eigenvalue weighted by atomic mass is 15.4. The van der Waals surface area contributed by atoms with Gasteiger partial charge < -0.3 is 5.32 Å². The second kappa shape index (κ2) is 5.53. The van der Waals surface area contributed by atoms with Crippen molar-refractivity contribution in [2.24, 2.45) is 0 Å². The Bertz CT molecular complexity index is 649. The van der Waals surface area contributed by atoms with E-state index in [9.17, 15) is 0 Å². The van der Waals surface area contributed by atoms with Crippen LogP contribution < -0.4 is 5.32 Å². The Balaban J connectivity index is 1.56. The number of nitrogens with zero attached hydrogens (tertiary/aromatic N) is 5. The van der Waals surface area contributed by atoms with Crippen molar-refractivity contribution in [2.75, 3.05) is 6.54 Å². The van der Waals surface area contributed by atoms with Gasteiger partial charge in [0.2, 0.25) is 0 Å². The zero-order valence-electron chi connectivity index (χ0n) is 10.4. The molecule has 6 heteroatoms. The molecule has 1 N–H and O–H groups in total. The number of hydrogen-bond donors (Lipinski definition) is 1. The Morgan fingerprint density at radius 1 is 1.16 bits per heavy atom. The summed E-state index contributed by atoms with van der Waals surface area (Å²) >= 11 is 0. The minimum atomic E-state index is 0.701. The molecule has 19 heavy (non-hydrogen) atoms. The first-order valence-corrected chi connectivity index (χ1v) is 6.17. The van der Waals surface area contributed by atoms with Crippen molar-refractivity contribution in [2.45, 2.75) is 13.1 Å². The van der Waals surface area contributed by atoms with Crippen LogP contribution in [0.25, 0.3) is 11.0 Å². The Morgan fingerprint density at radius 2 is 2.05 bits per heavy atom. The van der Waals surface area contributed by atoms with Crippen molar-refractivity contribution in [3.63, 3.8) is 0 Å². The van der Waals surface area contributed by atoms with E-state index in [0.29, 0.717) is 6.54 Å². The van der Waals surface area contributed by atoms with E-state index in [1.54, 1.807) is 10.9 Å². The Hall–Kier alpha value is -2.34. The predicted molar refractivity (Wildman–Crippen MR) is 71.3 cm³/mol. The quantitative estimate of drug-likeness (QED) is 0.688. The minimum absolute atomic E-state index is 0.701. The summed E-state index contributed by atoms with van der Waals surface area (Å²) in [6.45, 7) is 2.31. The Labute approximate surface area is 110 Å². The van der Waals surface area contributed by atoms with E-state index in [-0.39, 0.29) is 0 Å². The minimum Gasteiger partial charge on any atom is -0.309 e. The fourth-order valence-corrected chi connectivity index (χ4v) is 1.84. The van der Waals surface area contributed by atoms with Gasteiger partial charge in [-0.25, -0.2) is 4.98 Å². The normalized spacial score (nSPS) is 10.9. The highest BCUT2D eigenvalue weighted by Crippen LogP contribution is 2.07. The predicted octanol–water partition coefficient (Wildman–Crippen LogP) is 1.01. The van der Waals surface area contributed by atoms with E-state index in [4.69, 9.17) is 0 Å². The third-order valence-corrected chi connectivity index (χ3v) is 2.79. The molecule has 2 aromatic heterocycles. The topological polar surface area (TPSA) is 68.5 Å². The van der Waals surface area contributed by atoms with E-state index in [1.165, 1.54) is 0 Å². The van der Waals surface area contributed by atoms with E-state index >= 15 is 0 Å². The van der Waals surface area contributed by atoms with Crippen LogP contribution in [0.5, 0.6) is 0 Å². The Morgan fingerprint density at radius 3 is 2.89 bits per heavy atom. The lowest BCUT2D eigenvalue weighted by molar-refractivity contribution is 0.537. The van der Waals surface area contributed by atoms with Crippen LogP contribution in [-0.2, 0) is 13.1 Å². The largest absolute Gasteiger partial charge is 0.309 e. The molecule has 3 aromatic rings. The number of para-hydroxylation sites is 2. The standard InChI is InChI=1S/C13H14N6/c1-2-4-13-12(3-1)15-10-11(17-13)9-14-5-7-19-8-6-16-18-19/h1-4,6,8,10,14H,5,7,9H2. The van der Waals surface area contributed by atoms with Crippen LogP contribution in [0.4, 0.5) is 0 Å². The van der Waals surface area contributed by atoms with Gasteiger partial charge in [-0.05, 0) is 12.1 Å². The fourth-order valence-electron chi connectivity index (χ4n) is 1.84. The van der Waals surface area contributed by atoms with Crippen LogP contribution >= 0.6 is 0 Å². The monoisotopic (exact) mass is 254 g/mol. The van der Waals surface area contributed by atoms with Gasteiger partial charge in [0.05, 0.1) is 35.7 Å². The smallest absolute Gasteiger partial charge is 0.0890 e. The number of fused-ring (bicyclic) bond motifs is 1. The molecule has 0 saturated carbocycles. The van der Waals surface area contributed by atoms with Gasteiger partial charge in [-0.3, -0.25) is 9.67 Å². The molecule has 0 bridgehead atoms. The average molecular weight is 254 g/mol. The number of hydrogen-bond acceptors (Lipinski definition) is 5. The first-order valence-electron chi connectivity index (χ1n) is 6.17. The molecule has 2 heterocycles. The van der Waals surface area contributed by atoms with Gasteiger partial charge in [0.15, 0.2) is 0 Å². The van der Waals surface area contributed by atoms with Crippen LogP contribution in [0.3, 0.4) is 0 Å². The van der Waals surface area contributed by atoms with Crippen molar-refractivity contribution in [3.05, 3.63) is 48.5 Å². The van der Waals surface area contributed by atoms with Crippen LogP contribution in [0.1, 0.15) is 5.69 Å². The summed E-state index contributed by atoms with van der Waals surface area (Å²) in [5.41, 5.74) is 2.80. The van der Waals surface area contributed by atoms with Crippen LogP contribution in [0.2, 0.25) is 0 Å². The van der Waals surface area contributed by atoms with Crippen molar-refractivity contribution < 1.29 is 0 Å². The van der Waals surface area contributed by atoms with Crippen molar-refractivity contribution in [1.29, 1.82) is 0 Å². The molecule has 1 aromatic carbocycles. The Kier molecular flexibility index (Phi) is 3.42. The van der Waals surface area contributed by atoms with Crippen molar-refractivity contribution >= 4 is 11.0 Å². The van der Waals surface area contributed by atoms with Gasteiger partial charge in [-0.2, -0.15) is 0 Å². The van der Waals surface area contributed by atoms with Crippen LogP contribution in [0, 0.1) is 0 Å². The molecule has 0 atom stereocenters. The molecule has 0 aliphatic heterocycles. The maximum atomic E-state index is 4.55. The molecular weight excluding hydrogens is 240 g/mol. The third-order valence-electron chi connectivity index (χ3n) is 2.79. The summed E-state index contributed by atoms with van der Waals surface area (Å²) in [7, 11) is 0. The molecule has 96 valence electrons. The fraction of sp³-hybridized carbons (Fsp3) is 0.231. The molecular formula is C13H14N6. The van der Waals surface area contributed by atoms with Gasteiger partial charge >= 0.3 is 0 Å². The molecule has 0 aliphatic rings. The number of benzene rings is 1. The van der Waals surface area contributed by atoms with Crippen molar-refractivity contribution in [1.82, 2.24) is 30.3 Å². The van der Waals surface area contributed by atoms with E-state index in [2.05, 4.69) is 25.6 Å². The van der Waals surface area contributed by atoms with Crippen LogP contribution in [-0.4, -0.2) is 31.5 Å². The van der Waals surface area contributed by atoms with Crippen molar-refractivity contribution in [3.8, 4) is 0 Å². The first kappa shape index (κ1) is 11.7. The summed E-state index contributed by atoms with van der Waals surface area (Å²) in [5.74, 6) is 0. The zero-order chi connectivity index (χ0) is 12.9. The third kappa shape index (κ3) is 2.92. The van der Waals surface area contributed by atoms with E-state index in [0.717, 1.165) is 29.8 Å². The van der Waals surface area contributed by atoms with Gasteiger partial charge in [0.1, 0.15) is 0 Å². The summed E-state index contributed by atoms with van der Waals surface area (Å²) < 4.78 is 1.79. The second-order valence-corrected chi connectivity index (χ2v) is 4.19. The molecule has 0 fully saturated rings. The summed E-state index contributed by atoms with van der Waals surface area (Å²) in [6, 6.07) is 7.87. The molecule has 6 nitrogen and oxygen atoms in total. The molecule has 0 aliphatic carbocycles. The molecule has 0 spiro atoms. The molecule has 0 amide bonds. The summed E-state index contributed by atoms with van der Waals surface area (Å²) in [5, 5.41) is 11.0. The summed E-state index contributed by atoms with van der Waals surface area (Å²) in [6.07, 6.45) is 5.33. The maximum Gasteiger partial charge on any atom is 0.0890 e.